The van der Waals surface area contributed by atoms with Gasteiger partial charge in [-0.2, -0.15) is 0 Å². The summed E-state index contributed by atoms with van der Waals surface area (Å²) in [5.41, 5.74) is 2.36. The average Bonchev–Trinajstić information content (AvgIpc) is 2.47. The molecule has 1 N–H and O–H groups in total. The van der Waals surface area contributed by atoms with Crippen molar-refractivity contribution in [1.82, 2.24) is 0 Å². The lowest BCUT2D eigenvalue weighted by molar-refractivity contribution is 0.317. The van der Waals surface area contributed by atoms with E-state index >= 15 is 0 Å². The minimum absolute atomic E-state index is 0.269. The van der Waals surface area contributed by atoms with Gasteiger partial charge in [0, 0.05) is 16.2 Å². The Balaban J connectivity index is 1.97. The molecule has 0 fully saturated rings. The highest BCUT2D eigenvalue weighted by Crippen LogP contribution is 2.22. The molecule has 0 radical (unpaired) electrons. The molecule has 0 bridgehead atoms. The monoisotopic (exact) mass is 333 g/mol. The maximum Gasteiger partial charge on any atom is 0.119 e. The summed E-state index contributed by atoms with van der Waals surface area (Å²) in [6.07, 6.45) is 1.03. The number of hydrogen-bond acceptors (Lipinski definition) is 2. The molecule has 0 aliphatic carbocycles. The van der Waals surface area contributed by atoms with Crippen molar-refractivity contribution in [3.63, 3.8) is 0 Å². The molecular formula is C17H20BrNO. The lowest BCUT2D eigenvalue weighted by Gasteiger charge is -2.16. The Labute approximate surface area is 129 Å². The average molecular weight is 334 g/mol. The summed E-state index contributed by atoms with van der Waals surface area (Å²) in [7, 11) is 0. The van der Waals surface area contributed by atoms with Crippen molar-refractivity contribution in [1.29, 1.82) is 0 Å². The molecule has 1 unspecified atom stereocenters. The van der Waals surface area contributed by atoms with Gasteiger partial charge in [0.1, 0.15) is 5.75 Å². The van der Waals surface area contributed by atoms with Crippen LogP contribution in [0.1, 0.15) is 31.9 Å². The Bertz CT molecular complexity index is 522. The third-order valence-corrected chi connectivity index (χ3v) is 3.61. The van der Waals surface area contributed by atoms with Gasteiger partial charge in [-0.1, -0.05) is 35.0 Å². The molecule has 3 heteroatoms. The largest absolute Gasteiger partial charge is 0.494 e. The SMILES string of the molecule is CCCOc1ccc(NC(C)c2ccc(Br)cc2)cc1. The molecule has 2 aromatic rings. The first-order valence-electron chi connectivity index (χ1n) is 6.94. The highest BCUT2D eigenvalue weighted by atomic mass is 79.9. The molecule has 0 saturated carbocycles. The van der Waals surface area contributed by atoms with Crippen molar-refractivity contribution in [3.8, 4) is 5.75 Å². The maximum absolute atomic E-state index is 5.58. The fourth-order valence-electron chi connectivity index (χ4n) is 1.95. The zero-order chi connectivity index (χ0) is 14.4. The summed E-state index contributed by atoms with van der Waals surface area (Å²) in [6.45, 7) is 5.03. The minimum atomic E-state index is 0.269. The second-order valence-electron chi connectivity index (χ2n) is 4.79. The van der Waals surface area contributed by atoms with Crippen LogP contribution in [-0.2, 0) is 0 Å². The molecule has 0 spiro atoms. The van der Waals surface area contributed by atoms with Crippen LogP contribution in [0.4, 0.5) is 5.69 Å². The number of ether oxygens (including phenoxy) is 1. The van der Waals surface area contributed by atoms with Crippen LogP contribution in [-0.4, -0.2) is 6.61 Å². The number of nitrogens with one attached hydrogen (secondary N) is 1. The van der Waals surface area contributed by atoms with E-state index in [4.69, 9.17) is 4.74 Å². The lowest BCUT2D eigenvalue weighted by atomic mass is 10.1. The molecule has 0 heterocycles. The van der Waals surface area contributed by atoms with Crippen LogP contribution in [0.5, 0.6) is 5.75 Å². The van der Waals surface area contributed by atoms with Crippen molar-refractivity contribution < 1.29 is 4.74 Å². The molecule has 2 rings (SSSR count). The maximum atomic E-state index is 5.58. The van der Waals surface area contributed by atoms with Crippen LogP contribution in [0.15, 0.2) is 53.0 Å². The zero-order valence-corrected chi connectivity index (χ0v) is 13.5. The van der Waals surface area contributed by atoms with Crippen molar-refractivity contribution >= 4 is 21.6 Å². The molecule has 106 valence electrons. The summed E-state index contributed by atoms with van der Waals surface area (Å²) >= 11 is 3.46. The van der Waals surface area contributed by atoms with Gasteiger partial charge < -0.3 is 10.1 Å². The molecule has 20 heavy (non-hydrogen) atoms. The van der Waals surface area contributed by atoms with Crippen molar-refractivity contribution in [3.05, 3.63) is 58.6 Å². The molecule has 2 aromatic carbocycles. The standard InChI is InChI=1S/C17H20BrNO/c1-3-12-20-17-10-8-16(9-11-17)19-13(2)14-4-6-15(18)7-5-14/h4-11,13,19H,3,12H2,1-2H3. The van der Waals surface area contributed by atoms with E-state index in [-0.39, 0.29) is 6.04 Å². The van der Waals surface area contributed by atoms with Crippen LogP contribution >= 0.6 is 15.9 Å². The molecule has 2 nitrogen and oxygen atoms in total. The van der Waals surface area contributed by atoms with E-state index in [9.17, 15) is 0 Å². The van der Waals surface area contributed by atoms with Gasteiger partial charge >= 0.3 is 0 Å². The molecule has 0 amide bonds. The second kappa shape index (κ2) is 7.34. The van der Waals surface area contributed by atoms with E-state index in [1.807, 2.05) is 12.1 Å². The lowest BCUT2D eigenvalue weighted by Crippen LogP contribution is -2.06. The third kappa shape index (κ3) is 4.27. The first kappa shape index (κ1) is 14.9. The number of rotatable bonds is 6. The predicted octanol–water partition coefficient (Wildman–Crippen LogP) is 5.41. The molecule has 0 saturated heterocycles. The quantitative estimate of drug-likeness (QED) is 0.762. The molecule has 0 aliphatic rings. The van der Waals surface area contributed by atoms with Gasteiger partial charge in [-0.3, -0.25) is 0 Å². The van der Waals surface area contributed by atoms with E-state index in [1.54, 1.807) is 0 Å². The normalized spacial score (nSPS) is 11.9. The van der Waals surface area contributed by atoms with Gasteiger partial charge in [0.25, 0.3) is 0 Å². The van der Waals surface area contributed by atoms with E-state index in [1.165, 1.54) is 5.56 Å². The van der Waals surface area contributed by atoms with Gasteiger partial charge in [0.2, 0.25) is 0 Å². The van der Waals surface area contributed by atoms with E-state index in [0.717, 1.165) is 28.9 Å². The number of hydrogen-bond donors (Lipinski definition) is 1. The van der Waals surface area contributed by atoms with Crippen molar-refractivity contribution in [2.45, 2.75) is 26.3 Å². The zero-order valence-electron chi connectivity index (χ0n) is 11.9. The number of benzene rings is 2. The summed E-state index contributed by atoms with van der Waals surface area (Å²) < 4.78 is 6.68. The Hall–Kier alpha value is -1.48. The smallest absolute Gasteiger partial charge is 0.119 e. The Kier molecular flexibility index (Phi) is 5.48. The van der Waals surface area contributed by atoms with E-state index in [2.05, 4.69) is 71.5 Å². The van der Waals surface area contributed by atoms with E-state index in [0.29, 0.717) is 0 Å². The summed E-state index contributed by atoms with van der Waals surface area (Å²) in [5, 5.41) is 3.49. The minimum Gasteiger partial charge on any atom is -0.494 e. The van der Waals surface area contributed by atoms with Gasteiger partial charge in [-0.25, -0.2) is 0 Å². The van der Waals surface area contributed by atoms with Gasteiger partial charge in [0.05, 0.1) is 6.61 Å². The fraction of sp³-hybridized carbons (Fsp3) is 0.294. The topological polar surface area (TPSA) is 21.3 Å². The summed E-state index contributed by atoms with van der Waals surface area (Å²) in [5.74, 6) is 0.925. The molecule has 0 aromatic heterocycles. The Morgan fingerprint density at radius 3 is 2.30 bits per heavy atom. The van der Waals surface area contributed by atoms with Crippen LogP contribution in [0.3, 0.4) is 0 Å². The van der Waals surface area contributed by atoms with Crippen LogP contribution in [0.25, 0.3) is 0 Å². The molecular weight excluding hydrogens is 314 g/mol. The van der Waals surface area contributed by atoms with Crippen LogP contribution in [0.2, 0.25) is 0 Å². The van der Waals surface area contributed by atoms with E-state index < -0.39 is 0 Å². The first-order valence-corrected chi connectivity index (χ1v) is 7.73. The second-order valence-corrected chi connectivity index (χ2v) is 5.71. The van der Waals surface area contributed by atoms with Gasteiger partial charge in [-0.05, 0) is 55.3 Å². The fourth-order valence-corrected chi connectivity index (χ4v) is 2.22. The summed E-state index contributed by atoms with van der Waals surface area (Å²) in [6, 6.07) is 16.8. The van der Waals surface area contributed by atoms with Crippen LogP contribution < -0.4 is 10.1 Å². The number of anilines is 1. The van der Waals surface area contributed by atoms with Crippen molar-refractivity contribution in [2.24, 2.45) is 0 Å². The van der Waals surface area contributed by atoms with Gasteiger partial charge in [-0.15, -0.1) is 0 Å². The Morgan fingerprint density at radius 1 is 1.05 bits per heavy atom. The highest BCUT2D eigenvalue weighted by molar-refractivity contribution is 9.10. The summed E-state index contributed by atoms with van der Waals surface area (Å²) in [4.78, 5) is 0. The number of halogens is 1. The van der Waals surface area contributed by atoms with Gasteiger partial charge in [0.15, 0.2) is 0 Å². The van der Waals surface area contributed by atoms with Crippen LogP contribution in [0, 0.1) is 0 Å². The first-order chi connectivity index (χ1) is 9.69. The highest BCUT2D eigenvalue weighted by Gasteiger charge is 2.05. The molecule has 1 atom stereocenters. The Morgan fingerprint density at radius 2 is 1.70 bits per heavy atom. The molecule has 0 aliphatic heterocycles. The third-order valence-electron chi connectivity index (χ3n) is 3.08. The van der Waals surface area contributed by atoms with Crippen molar-refractivity contribution in [2.75, 3.05) is 11.9 Å². The predicted molar refractivity (Wildman–Crippen MR) is 88.4 cm³/mol.